The SMILES string of the molecule is CCCOc1cccc(CNC(=O)CN2CCn3c(C)nnc3C2)c1. The van der Waals surface area contributed by atoms with E-state index in [0.29, 0.717) is 26.2 Å². The first-order chi connectivity index (χ1) is 12.2. The predicted octanol–water partition coefficient (Wildman–Crippen LogP) is 1.51. The summed E-state index contributed by atoms with van der Waals surface area (Å²) >= 11 is 0. The number of aryl methyl sites for hydroxylation is 1. The van der Waals surface area contributed by atoms with E-state index in [4.69, 9.17) is 4.74 Å². The Morgan fingerprint density at radius 1 is 1.32 bits per heavy atom. The third kappa shape index (κ3) is 4.57. The molecule has 2 heterocycles. The van der Waals surface area contributed by atoms with Crippen LogP contribution in [0.15, 0.2) is 24.3 Å². The standard InChI is InChI=1S/C18H25N5O2/c1-3-9-25-16-6-4-5-15(10-16)11-19-18(24)13-22-7-8-23-14(2)20-21-17(23)12-22/h4-6,10H,3,7-9,11-13H2,1-2H3,(H,19,24). The average molecular weight is 343 g/mol. The predicted molar refractivity (Wildman–Crippen MR) is 94.1 cm³/mol. The van der Waals surface area contributed by atoms with Gasteiger partial charge in [0.1, 0.15) is 17.4 Å². The molecule has 0 unspecified atom stereocenters. The highest BCUT2D eigenvalue weighted by atomic mass is 16.5. The monoisotopic (exact) mass is 343 g/mol. The molecule has 0 spiro atoms. The lowest BCUT2D eigenvalue weighted by atomic mass is 10.2. The van der Waals surface area contributed by atoms with E-state index >= 15 is 0 Å². The summed E-state index contributed by atoms with van der Waals surface area (Å²) < 4.78 is 7.73. The third-order valence-corrected chi connectivity index (χ3v) is 4.25. The van der Waals surface area contributed by atoms with E-state index in [0.717, 1.165) is 42.5 Å². The summed E-state index contributed by atoms with van der Waals surface area (Å²) in [6.45, 7) is 7.94. The van der Waals surface area contributed by atoms with Crippen molar-refractivity contribution >= 4 is 5.91 Å². The molecule has 1 N–H and O–H groups in total. The van der Waals surface area contributed by atoms with Crippen molar-refractivity contribution in [1.82, 2.24) is 25.0 Å². The van der Waals surface area contributed by atoms with Crippen molar-refractivity contribution in [3.63, 3.8) is 0 Å². The van der Waals surface area contributed by atoms with Crippen LogP contribution >= 0.6 is 0 Å². The summed E-state index contributed by atoms with van der Waals surface area (Å²) in [5.41, 5.74) is 1.04. The Hall–Kier alpha value is -2.41. The van der Waals surface area contributed by atoms with Gasteiger partial charge in [-0.2, -0.15) is 0 Å². The van der Waals surface area contributed by atoms with Gasteiger partial charge >= 0.3 is 0 Å². The lowest BCUT2D eigenvalue weighted by Gasteiger charge is -2.26. The van der Waals surface area contributed by atoms with Gasteiger partial charge in [0, 0.05) is 19.6 Å². The molecule has 1 aliphatic rings. The Morgan fingerprint density at radius 3 is 3.04 bits per heavy atom. The molecule has 3 rings (SSSR count). The maximum Gasteiger partial charge on any atom is 0.234 e. The molecule has 0 radical (unpaired) electrons. The van der Waals surface area contributed by atoms with Crippen molar-refractivity contribution in [3.8, 4) is 5.75 Å². The number of aromatic nitrogens is 3. The molecular weight excluding hydrogens is 318 g/mol. The molecule has 0 bridgehead atoms. The number of nitrogens with zero attached hydrogens (tertiary/aromatic N) is 4. The molecule has 25 heavy (non-hydrogen) atoms. The summed E-state index contributed by atoms with van der Waals surface area (Å²) in [4.78, 5) is 14.3. The minimum atomic E-state index is 0.0181. The van der Waals surface area contributed by atoms with Gasteiger partial charge in [-0.3, -0.25) is 9.69 Å². The van der Waals surface area contributed by atoms with Crippen molar-refractivity contribution in [2.75, 3.05) is 19.7 Å². The topological polar surface area (TPSA) is 72.3 Å². The Kier molecular flexibility index (Phi) is 5.65. The quantitative estimate of drug-likeness (QED) is 0.825. The first-order valence-corrected chi connectivity index (χ1v) is 8.75. The molecule has 1 aromatic carbocycles. The second kappa shape index (κ2) is 8.11. The molecule has 1 aliphatic heterocycles. The number of fused-ring (bicyclic) bond motifs is 1. The fraction of sp³-hybridized carbons (Fsp3) is 0.500. The van der Waals surface area contributed by atoms with Crippen LogP contribution in [0.3, 0.4) is 0 Å². The second-order valence-electron chi connectivity index (χ2n) is 6.30. The molecule has 1 aromatic heterocycles. The van der Waals surface area contributed by atoms with Gasteiger partial charge in [0.05, 0.1) is 19.7 Å². The summed E-state index contributed by atoms with van der Waals surface area (Å²) in [6.07, 6.45) is 0.976. The van der Waals surface area contributed by atoms with Crippen LogP contribution in [-0.4, -0.2) is 45.3 Å². The van der Waals surface area contributed by atoms with E-state index in [1.54, 1.807) is 0 Å². The van der Waals surface area contributed by atoms with Crippen molar-refractivity contribution in [1.29, 1.82) is 0 Å². The third-order valence-electron chi connectivity index (χ3n) is 4.25. The highest BCUT2D eigenvalue weighted by molar-refractivity contribution is 5.78. The van der Waals surface area contributed by atoms with Crippen LogP contribution in [0.25, 0.3) is 0 Å². The molecule has 0 atom stereocenters. The number of carbonyl (C=O) groups excluding carboxylic acids is 1. The zero-order valence-corrected chi connectivity index (χ0v) is 14.9. The molecule has 0 aliphatic carbocycles. The van der Waals surface area contributed by atoms with Gasteiger partial charge in [-0.15, -0.1) is 10.2 Å². The Bertz CT molecular complexity index is 728. The van der Waals surface area contributed by atoms with Crippen LogP contribution in [0.2, 0.25) is 0 Å². The normalized spacial score (nSPS) is 14.2. The van der Waals surface area contributed by atoms with Crippen molar-refractivity contribution in [3.05, 3.63) is 41.5 Å². The van der Waals surface area contributed by atoms with Gasteiger partial charge in [0.25, 0.3) is 0 Å². The lowest BCUT2D eigenvalue weighted by molar-refractivity contribution is -0.122. The van der Waals surface area contributed by atoms with Crippen LogP contribution < -0.4 is 10.1 Å². The number of ether oxygens (including phenoxy) is 1. The van der Waals surface area contributed by atoms with Crippen molar-refractivity contribution in [2.45, 2.75) is 39.9 Å². The van der Waals surface area contributed by atoms with Crippen molar-refractivity contribution < 1.29 is 9.53 Å². The van der Waals surface area contributed by atoms with Gasteiger partial charge < -0.3 is 14.6 Å². The van der Waals surface area contributed by atoms with Crippen LogP contribution in [0.5, 0.6) is 5.75 Å². The van der Waals surface area contributed by atoms with Gasteiger partial charge in [-0.05, 0) is 31.0 Å². The summed E-state index contributed by atoms with van der Waals surface area (Å²) in [6, 6.07) is 7.85. The highest BCUT2D eigenvalue weighted by Crippen LogP contribution is 2.14. The van der Waals surface area contributed by atoms with Crippen LogP contribution in [-0.2, 0) is 24.4 Å². The molecule has 7 nitrogen and oxygen atoms in total. The van der Waals surface area contributed by atoms with Crippen LogP contribution in [0.1, 0.15) is 30.6 Å². The first kappa shape index (κ1) is 17.4. The fourth-order valence-electron chi connectivity index (χ4n) is 2.91. The Morgan fingerprint density at radius 2 is 2.20 bits per heavy atom. The van der Waals surface area contributed by atoms with E-state index in [2.05, 4.69) is 31.9 Å². The van der Waals surface area contributed by atoms with E-state index in [1.165, 1.54) is 0 Å². The van der Waals surface area contributed by atoms with Crippen LogP contribution in [0.4, 0.5) is 0 Å². The number of rotatable bonds is 7. The molecular formula is C18H25N5O2. The molecule has 0 saturated carbocycles. The van der Waals surface area contributed by atoms with E-state index < -0.39 is 0 Å². The number of carbonyl (C=O) groups is 1. The van der Waals surface area contributed by atoms with Crippen molar-refractivity contribution in [2.24, 2.45) is 0 Å². The van der Waals surface area contributed by atoms with E-state index in [9.17, 15) is 4.79 Å². The Labute approximate surface area is 148 Å². The molecule has 134 valence electrons. The largest absolute Gasteiger partial charge is 0.494 e. The zero-order valence-electron chi connectivity index (χ0n) is 14.9. The lowest BCUT2D eigenvalue weighted by Crippen LogP contribution is -2.41. The summed E-state index contributed by atoms with van der Waals surface area (Å²) in [5.74, 6) is 2.73. The zero-order chi connectivity index (χ0) is 17.6. The smallest absolute Gasteiger partial charge is 0.234 e. The van der Waals surface area contributed by atoms with E-state index in [1.807, 2.05) is 31.2 Å². The summed E-state index contributed by atoms with van der Waals surface area (Å²) in [5, 5.41) is 11.2. The van der Waals surface area contributed by atoms with E-state index in [-0.39, 0.29) is 5.91 Å². The highest BCUT2D eigenvalue weighted by Gasteiger charge is 2.21. The summed E-state index contributed by atoms with van der Waals surface area (Å²) in [7, 11) is 0. The van der Waals surface area contributed by atoms with Crippen LogP contribution in [0, 0.1) is 6.92 Å². The Balaban J connectivity index is 1.47. The number of benzene rings is 1. The number of amides is 1. The molecule has 0 saturated heterocycles. The number of nitrogens with one attached hydrogen (secondary N) is 1. The maximum atomic E-state index is 12.2. The average Bonchev–Trinajstić information content (AvgIpc) is 2.99. The molecule has 1 amide bonds. The number of hydrogen-bond acceptors (Lipinski definition) is 5. The number of hydrogen-bond donors (Lipinski definition) is 1. The maximum absolute atomic E-state index is 12.2. The molecule has 0 fully saturated rings. The molecule has 2 aromatic rings. The molecule has 7 heteroatoms. The van der Waals surface area contributed by atoms with Gasteiger partial charge in [0.15, 0.2) is 0 Å². The van der Waals surface area contributed by atoms with Gasteiger partial charge in [-0.1, -0.05) is 19.1 Å². The van der Waals surface area contributed by atoms with Gasteiger partial charge in [0.2, 0.25) is 5.91 Å². The minimum absolute atomic E-state index is 0.0181. The first-order valence-electron chi connectivity index (χ1n) is 8.75. The fourth-order valence-corrected chi connectivity index (χ4v) is 2.91. The minimum Gasteiger partial charge on any atom is -0.494 e. The second-order valence-corrected chi connectivity index (χ2v) is 6.30. The van der Waals surface area contributed by atoms with Gasteiger partial charge in [-0.25, -0.2) is 0 Å².